The number of rotatable bonds is 7. The van der Waals surface area contributed by atoms with Crippen LogP contribution in [0.5, 0.6) is 0 Å². The van der Waals surface area contributed by atoms with E-state index in [1.165, 1.54) is 36.4 Å². The van der Waals surface area contributed by atoms with Gasteiger partial charge < -0.3 is 5.32 Å². The van der Waals surface area contributed by atoms with E-state index in [2.05, 4.69) is 10.0 Å². The molecule has 0 spiro atoms. The van der Waals surface area contributed by atoms with E-state index < -0.39 is 27.8 Å². The number of nitrogens with one attached hydrogen (secondary N) is 2. The highest BCUT2D eigenvalue weighted by molar-refractivity contribution is 7.89. The molecule has 0 heterocycles. The summed E-state index contributed by atoms with van der Waals surface area (Å²) in [4.78, 5) is 12.7. The number of hydrogen-bond donors (Lipinski definition) is 2. The summed E-state index contributed by atoms with van der Waals surface area (Å²) in [6.45, 7) is 5.66. The fourth-order valence-corrected chi connectivity index (χ4v) is 3.62. The van der Waals surface area contributed by atoms with Gasteiger partial charge in [-0.3, -0.25) is 4.79 Å². The zero-order valence-corrected chi connectivity index (χ0v) is 15.8. The van der Waals surface area contributed by atoms with Crippen LogP contribution in [-0.4, -0.2) is 20.4 Å². The Morgan fingerprint density at radius 2 is 1.62 bits per heavy atom. The van der Waals surface area contributed by atoms with E-state index in [9.17, 15) is 17.6 Å². The van der Waals surface area contributed by atoms with E-state index in [1.807, 2.05) is 20.8 Å². The van der Waals surface area contributed by atoms with Crippen LogP contribution in [0.15, 0.2) is 53.4 Å². The molecule has 0 aliphatic heterocycles. The molecule has 0 radical (unpaired) electrons. The molecular weight excluding hydrogens is 355 g/mol. The topological polar surface area (TPSA) is 75.3 Å². The molecule has 2 N–H and O–H groups in total. The summed E-state index contributed by atoms with van der Waals surface area (Å²) < 4.78 is 40.7. The van der Waals surface area contributed by atoms with Crippen LogP contribution in [0.2, 0.25) is 0 Å². The first kappa shape index (κ1) is 20.1. The monoisotopic (exact) mass is 378 g/mol. The number of aryl methyl sites for hydroxylation is 1. The third kappa shape index (κ3) is 5.64. The molecule has 0 fully saturated rings. The molecule has 0 unspecified atom stereocenters. The number of anilines is 1. The Bertz CT molecular complexity index is 847. The summed E-state index contributed by atoms with van der Waals surface area (Å²) in [5, 5.41) is 2.63. The van der Waals surface area contributed by atoms with E-state index in [-0.39, 0.29) is 10.8 Å². The maximum absolute atomic E-state index is 13.0. The van der Waals surface area contributed by atoms with Gasteiger partial charge in [0.2, 0.25) is 15.9 Å². The number of amides is 1. The second kappa shape index (κ2) is 8.42. The highest BCUT2D eigenvalue weighted by atomic mass is 32.2. The number of carbonyl (C=O) groups excluding carboxylic acids is 1. The van der Waals surface area contributed by atoms with Crippen LogP contribution in [0, 0.1) is 18.7 Å². The maximum atomic E-state index is 13.0. The van der Waals surface area contributed by atoms with Crippen molar-refractivity contribution < 1.29 is 17.6 Å². The minimum Gasteiger partial charge on any atom is -0.325 e. The predicted octanol–water partition coefficient (Wildman–Crippen LogP) is 3.47. The number of carbonyl (C=O) groups is 1. The predicted molar refractivity (Wildman–Crippen MR) is 99.8 cm³/mol. The van der Waals surface area contributed by atoms with Crippen LogP contribution in [0.1, 0.15) is 25.8 Å². The van der Waals surface area contributed by atoms with Crippen molar-refractivity contribution in [2.75, 3.05) is 5.32 Å². The molecule has 7 heteroatoms. The van der Waals surface area contributed by atoms with Gasteiger partial charge in [0.1, 0.15) is 11.9 Å². The summed E-state index contributed by atoms with van der Waals surface area (Å²) in [6.07, 6.45) is 0.331. The number of halogens is 1. The van der Waals surface area contributed by atoms with Crippen molar-refractivity contribution in [1.82, 2.24) is 4.72 Å². The Hall–Kier alpha value is -2.25. The number of sulfonamides is 1. The second-order valence-corrected chi connectivity index (χ2v) is 8.33. The standard InChI is InChI=1S/C19H23FN2O3S/c1-13(2)12-18(19(23)21-16-8-6-15(20)7-9-16)22-26(24,25)17-10-4-14(3)5-11-17/h4-11,13,18,22H,12H2,1-3H3,(H,21,23)/t18-/m0/s1. The Morgan fingerprint density at radius 3 is 2.15 bits per heavy atom. The summed E-state index contributed by atoms with van der Waals surface area (Å²) in [6, 6.07) is 10.8. The maximum Gasteiger partial charge on any atom is 0.242 e. The molecule has 1 atom stereocenters. The van der Waals surface area contributed by atoms with Crippen molar-refractivity contribution in [3.63, 3.8) is 0 Å². The van der Waals surface area contributed by atoms with Gasteiger partial charge >= 0.3 is 0 Å². The normalized spacial score (nSPS) is 12.8. The van der Waals surface area contributed by atoms with Gasteiger partial charge in [0.15, 0.2) is 0 Å². The third-order valence-electron chi connectivity index (χ3n) is 3.76. The third-order valence-corrected chi connectivity index (χ3v) is 5.25. The summed E-state index contributed by atoms with van der Waals surface area (Å²) in [7, 11) is -3.84. The van der Waals surface area contributed by atoms with E-state index >= 15 is 0 Å². The van der Waals surface area contributed by atoms with E-state index in [0.717, 1.165) is 5.56 Å². The lowest BCUT2D eigenvalue weighted by Crippen LogP contribution is -2.44. The molecule has 0 saturated heterocycles. The Balaban J connectivity index is 2.19. The first-order valence-corrected chi connectivity index (χ1v) is 9.81. The Kier molecular flexibility index (Phi) is 6.50. The van der Waals surface area contributed by atoms with Crippen LogP contribution < -0.4 is 10.0 Å². The SMILES string of the molecule is Cc1ccc(S(=O)(=O)N[C@@H](CC(C)C)C(=O)Nc2ccc(F)cc2)cc1. The van der Waals surface area contributed by atoms with Gasteiger partial charge in [0, 0.05) is 5.69 Å². The highest BCUT2D eigenvalue weighted by Gasteiger charge is 2.26. The average Bonchev–Trinajstić information content (AvgIpc) is 2.56. The van der Waals surface area contributed by atoms with E-state index in [0.29, 0.717) is 12.1 Å². The fourth-order valence-electron chi connectivity index (χ4n) is 2.42. The molecule has 26 heavy (non-hydrogen) atoms. The molecule has 0 aliphatic rings. The lowest BCUT2D eigenvalue weighted by Gasteiger charge is -2.20. The summed E-state index contributed by atoms with van der Waals surface area (Å²) in [5.74, 6) is -0.803. The van der Waals surface area contributed by atoms with Crippen molar-refractivity contribution in [2.24, 2.45) is 5.92 Å². The van der Waals surface area contributed by atoms with Crippen LogP contribution >= 0.6 is 0 Å². The van der Waals surface area contributed by atoms with Gasteiger partial charge in [-0.05, 0) is 55.7 Å². The number of hydrogen-bond acceptors (Lipinski definition) is 3. The second-order valence-electron chi connectivity index (χ2n) is 6.61. The molecule has 5 nitrogen and oxygen atoms in total. The summed E-state index contributed by atoms with van der Waals surface area (Å²) in [5.41, 5.74) is 1.34. The van der Waals surface area contributed by atoms with Gasteiger partial charge in [-0.2, -0.15) is 4.72 Å². The molecule has 0 saturated carbocycles. The van der Waals surface area contributed by atoms with E-state index in [4.69, 9.17) is 0 Å². The largest absolute Gasteiger partial charge is 0.325 e. The molecule has 1 amide bonds. The first-order chi connectivity index (χ1) is 12.2. The Morgan fingerprint density at radius 1 is 1.04 bits per heavy atom. The highest BCUT2D eigenvalue weighted by Crippen LogP contribution is 2.15. The molecule has 2 aromatic rings. The lowest BCUT2D eigenvalue weighted by atomic mass is 10.0. The van der Waals surface area contributed by atoms with E-state index in [1.54, 1.807) is 12.1 Å². The Labute approximate surface area is 153 Å². The quantitative estimate of drug-likeness (QED) is 0.775. The molecule has 2 aromatic carbocycles. The van der Waals surface area contributed by atoms with Gasteiger partial charge in [-0.25, -0.2) is 12.8 Å². The van der Waals surface area contributed by atoms with Gasteiger partial charge in [-0.1, -0.05) is 31.5 Å². The smallest absolute Gasteiger partial charge is 0.242 e. The first-order valence-electron chi connectivity index (χ1n) is 8.33. The minimum atomic E-state index is -3.84. The fraction of sp³-hybridized carbons (Fsp3) is 0.316. The zero-order chi connectivity index (χ0) is 19.3. The van der Waals surface area contributed by atoms with Crippen molar-refractivity contribution in [3.05, 3.63) is 59.9 Å². The van der Waals surface area contributed by atoms with Crippen LogP contribution in [0.25, 0.3) is 0 Å². The van der Waals surface area contributed by atoms with Gasteiger partial charge in [-0.15, -0.1) is 0 Å². The zero-order valence-electron chi connectivity index (χ0n) is 15.0. The van der Waals surface area contributed by atoms with Crippen molar-refractivity contribution in [3.8, 4) is 0 Å². The van der Waals surface area contributed by atoms with Gasteiger partial charge in [0.05, 0.1) is 4.90 Å². The number of benzene rings is 2. The molecule has 0 aliphatic carbocycles. The average molecular weight is 378 g/mol. The van der Waals surface area contributed by atoms with Crippen LogP contribution in [0.3, 0.4) is 0 Å². The van der Waals surface area contributed by atoms with Crippen LogP contribution in [0.4, 0.5) is 10.1 Å². The lowest BCUT2D eigenvalue weighted by molar-refractivity contribution is -0.118. The molecule has 140 valence electrons. The van der Waals surface area contributed by atoms with Crippen molar-refractivity contribution in [1.29, 1.82) is 0 Å². The molecule has 2 rings (SSSR count). The molecule has 0 bridgehead atoms. The molecule has 0 aromatic heterocycles. The molecular formula is C19H23FN2O3S. The van der Waals surface area contributed by atoms with Crippen LogP contribution in [-0.2, 0) is 14.8 Å². The van der Waals surface area contributed by atoms with Crippen molar-refractivity contribution >= 4 is 21.6 Å². The van der Waals surface area contributed by atoms with Gasteiger partial charge in [0.25, 0.3) is 0 Å². The minimum absolute atomic E-state index is 0.0969. The van der Waals surface area contributed by atoms with Crippen molar-refractivity contribution in [2.45, 2.75) is 38.1 Å². The summed E-state index contributed by atoms with van der Waals surface area (Å²) >= 11 is 0.